The fourth-order valence-corrected chi connectivity index (χ4v) is 2.60. The molecule has 2 heterocycles. The molecule has 1 fully saturated rings. The number of hydrogen-bond acceptors (Lipinski definition) is 7. The predicted octanol–water partition coefficient (Wildman–Crippen LogP) is -0.326. The van der Waals surface area contributed by atoms with Crippen molar-refractivity contribution in [3.8, 4) is 0 Å². The first-order chi connectivity index (χ1) is 11.0. The largest absolute Gasteiger partial charge is 0.398 e. The maximum atomic E-state index is 12.3. The molecule has 1 saturated heterocycles. The molecule has 2 rings (SSSR count). The first-order valence-corrected chi connectivity index (χ1v) is 7.91. The fourth-order valence-electron chi connectivity index (χ4n) is 1.82. The van der Waals surface area contributed by atoms with Crippen LogP contribution in [-0.4, -0.2) is 53.5 Å². The Morgan fingerprint density at radius 1 is 1.57 bits per heavy atom. The van der Waals surface area contributed by atoms with Gasteiger partial charge in [-0.1, -0.05) is 5.16 Å². The number of thiazole rings is 1. The zero-order chi connectivity index (χ0) is 17.0. The molecule has 0 aliphatic carbocycles. The van der Waals surface area contributed by atoms with Crippen molar-refractivity contribution in [2.75, 3.05) is 18.3 Å². The molecule has 2 atom stereocenters. The minimum Gasteiger partial charge on any atom is -0.398 e. The molecule has 1 aromatic heterocycles. The molecule has 0 spiro atoms. The van der Waals surface area contributed by atoms with E-state index >= 15 is 0 Å². The number of halogens is 1. The number of nitrogens with one attached hydrogen (secondary N) is 3. The number of aromatic nitrogens is 1. The van der Waals surface area contributed by atoms with Crippen LogP contribution in [0.15, 0.2) is 10.5 Å². The van der Waals surface area contributed by atoms with Crippen LogP contribution in [0.3, 0.4) is 0 Å². The van der Waals surface area contributed by atoms with Crippen molar-refractivity contribution in [1.82, 2.24) is 15.6 Å². The third-order valence-corrected chi connectivity index (χ3v) is 3.95. The maximum Gasteiger partial charge on any atom is 0.276 e. The third kappa shape index (κ3) is 3.96. The van der Waals surface area contributed by atoms with Crippen LogP contribution in [-0.2, 0) is 19.2 Å². The van der Waals surface area contributed by atoms with Gasteiger partial charge in [0.25, 0.3) is 5.91 Å². The van der Waals surface area contributed by atoms with Crippen molar-refractivity contribution < 1.29 is 19.2 Å². The van der Waals surface area contributed by atoms with Gasteiger partial charge in [0.1, 0.15) is 24.7 Å². The summed E-state index contributed by atoms with van der Waals surface area (Å²) in [4.78, 5) is 43.6. The van der Waals surface area contributed by atoms with Crippen LogP contribution < -0.4 is 16.0 Å². The van der Waals surface area contributed by atoms with Crippen molar-refractivity contribution in [3.63, 3.8) is 0 Å². The summed E-state index contributed by atoms with van der Waals surface area (Å²) in [6, 6.07) is -0.789. The summed E-state index contributed by atoms with van der Waals surface area (Å²) in [5.74, 6) is -1.49. The molecule has 1 aliphatic rings. The number of oxime groups is 1. The van der Waals surface area contributed by atoms with Crippen molar-refractivity contribution in [2.45, 2.75) is 19.0 Å². The number of carbonyl (C=O) groups is 3. The van der Waals surface area contributed by atoms with E-state index in [1.807, 2.05) is 0 Å². The number of hydrogen-bond donors (Lipinski definition) is 3. The second kappa shape index (κ2) is 7.38. The van der Waals surface area contributed by atoms with E-state index in [1.165, 1.54) is 12.5 Å². The van der Waals surface area contributed by atoms with Gasteiger partial charge in [0.2, 0.25) is 11.8 Å². The monoisotopic (exact) mass is 359 g/mol. The molecule has 3 amide bonds. The Morgan fingerprint density at radius 3 is 2.87 bits per heavy atom. The Bertz CT molecular complexity index is 662. The van der Waals surface area contributed by atoms with E-state index in [1.54, 1.807) is 6.92 Å². The lowest BCUT2D eigenvalue weighted by molar-refractivity contribution is -0.134. The van der Waals surface area contributed by atoms with Crippen molar-refractivity contribution in [1.29, 1.82) is 0 Å². The molecular weight excluding hydrogens is 346 g/mol. The Balaban J connectivity index is 2.12. The molecule has 2 unspecified atom stereocenters. The van der Waals surface area contributed by atoms with Crippen molar-refractivity contribution in [3.05, 3.63) is 11.1 Å². The van der Waals surface area contributed by atoms with Gasteiger partial charge in [0.15, 0.2) is 10.8 Å². The Hall–Kier alpha value is -2.20. The number of nitrogens with zero attached hydrogens (tertiary/aromatic N) is 2. The van der Waals surface area contributed by atoms with Gasteiger partial charge in [0, 0.05) is 5.38 Å². The van der Waals surface area contributed by atoms with Crippen LogP contribution >= 0.6 is 22.9 Å². The highest BCUT2D eigenvalue weighted by atomic mass is 35.5. The molecule has 11 heteroatoms. The average Bonchev–Trinajstić information content (AvgIpc) is 2.98. The van der Waals surface area contributed by atoms with Gasteiger partial charge < -0.3 is 20.8 Å². The smallest absolute Gasteiger partial charge is 0.276 e. The van der Waals surface area contributed by atoms with Crippen LogP contribution in [0.4, 0.5) is 5.13 Å². The highest BCUT2D eigenvalue weighted by Crippen LogP contribution is 2.17. The number of β-lactam (4-membered cyclic amide) rings is 1. The molecule has 1 aromatic rings. The average molecular weight is 360 g/mol. The summed E-state index contributed by atoms with van der Waals surface area (Å²) in [6.45, 7) is 1.77. The van der Waals surface area contributed by atoms with Crippen molar-refractivity contribution >= 4 is 51.5 Å². The summed E-state index contributed by atoms with van der Waals surface area (Å²) in [6.07, 6.45) is 0. The van der Waals surface area contributed by atoms with Crippen LogP contribution in [0, 0.1) is 0 Å². The van der Waals surface area contributed by atoms with Gasteiger partial charge in [-0.05, 0) is 6.92 Å². The summed E-state index contributed by atoms with van der Waals surface area (Å²) in [7, 11) is 1.29. The second-order valence-electron chi connectivity index (χ2n) is 4.59. The SMILES string of the molecule is CO/N=C(/C(=O)NC1C(=O)NC1C)c1csc(NC(=O)CCl)n1. The molecule has 0 bridgehead atoms. The van der Waals surface area contributed by atoms with E-state index < -0.39 is 17.9 Å². The van der Waals surface area contributed by atoms with Gasteiger partial charge in [-0.15, -0.1) is 22.9 Å². The second-order valence-corrected chi connectivity index (χ2v) is 5.72. The van der Waals surface area contributed by atoms with E-state index in [9.17, 15) is 14.4 Å². The quantitative estimate of drug-likeness (QED) is 0.278. The van der Waals surface area contributed by atoms with Gasteiger partial charge in [-0.25, -0.2) is 4.98 Å². The van der Waals surface area contributed by atoms with E-state index in [0.717, 1.165) is 11.3 Å². The van der Waals surface area contributed by atoms with Crippen LogP contribution in [0.5, 0.6) is 0 Å². The van der Waals surface area contributed by atoms with E-state index in [0.29, 0.717) is 0 Å². The lowest BCUT2D eigenvalue weighted by Crippen LogP contribution is -2.68. The van der Waals surface area contributed by atoms with Gasteiger partial charge in [-0.3, -0.25) is 14.4 Å². The van der Waals surface area contributed by atoms with E-state index in [-0.39, 0.29) is 34.4 Å². The zero-order valence-corrected chi connectivity index (χ0v) is 13.8. The predicted molar refractivity (Wildman–Crippen MR) is 84.5 cm³/mol. The third-order valence-electron chi connectivity index (χ3n) is 2.95. The summed E-state index contributed by atoms with van der Waals surface area (Å²) in [5.41, 5.74) is 0.119. The molecule has 0 aromatic carbocycles. The highest BCUT2D eigenvalue weighted by Gasteiger charge is 2.38. The van der Waals surface area contributed by atoms with E-state index in [2.05, 4.69) is 30.9 Å². The molecule has 0 radical (unpaired) electrons. The summed E-state index contributed by atoms with van der Waals surface area (Å²) >= 11 is 6.50. The Labute approximate surface area is 140 Å². The Kier molecular flexibility index (Phi) is 5.50. The van der Waals surface area contributed by atoms with Crippen LogP contribution in [0.1, 0.15) is 12.6 Å². The number of anilines is 1. The summed E-state index contributed by atoms with van der Waals surface area (Å²) in [5, 5.41) is 13.1. The number of alkyl halides is 1. The fraction of sp³-hybridized carbons (Fsp3) is 0.417. The molecule has 1 aliphatic heterocycles. The van der Waals surface area contributed by atoms with E-state index in [4.69, 9.17) is 11.6 Å². The minimum atomic E-state index is -0.626. The standard InChI is InChI=1S/C12H14ClN5O4S/c1-5-8(10(20)14-5)17-11(21)9(18-22-2)6-4-23-12(15-6)16-7(19)3-13/h4-5,8H,3H2,1-2H3,(H,14,20)(H,17,21)(H,15,16,19)/b18-9+. The molecular formula is C12H14ClN5O4S. The topological polar surface area (TPSA) is 122 Å². The first kappa shape index (κ1) is 17.2. The lowest BCUT2D eigenvalue weighted by atomic mass is 10.0. The number of amides is 3. The molecule has 3 N–H and O–H groups in total. The number of carbonyl (C=O) groups excluding carboxylic acids is 3. The number of rotatable bonds is 6. The van der Waals surface area contributed by atoms with Gasteiger partial charge in [0.05, 0.1) is 6.04 Å². The molecule has 23 heavy (non-hydrogen) atoms. The Morgan fingerprint density at radius 2 is 2.30 bits per heavy atom. The molecule has 9 nitrogen and oxygen atoms in total. The van der Waals surface area contributed by atoms with Crippen molar-refractivity contribution in [2.24, 2.45) is 5.16 Å². The molecule has 0 saturated carbocycles. The maximum absolute atomic E-state index is 12.3. The highest BCUT2D eigenvalue weighted by molar-refractivity contribution is 7.14. The minimum absolute atomic E-state index is 0.0953. The molecule has 124 valence electrons. The van der Waals surface area contributed by atoms with Crippen LogP contribution in [0.25, 0.3) is 0 Å². The van der Waals surface area contributed by atoms with Crippen LogP contribution in [0.2, 0.25) is 0 Å². The normalized spacial score (nSPS) is 20.3. The van der Waals surface area contributed by atoms with Gasteiger partial charge in [-0.2, -0.15) is 0 Å². The summed E-state index contributed by atoms with van der Waals surface area (Å²) < 4.78 is 0. The van der Waals surface area contributed by atoms with Gasteiger partial charge >= 0.3 is 0 Å². The lowest BCUT2D eigenvalue weighted by Gasteiger charge is -2.34. The first-order valence-electron chi connectivity index (χ1n) is 6.50. The zero-order valence-electron chi connectivity index (χ0n) is 12.3.